The third-order valence-corrected chi connectivity index (χ3v) is 1.70. The number of hydrogen-bond acceptors (Lipinski definition) is 5. The van der Waals surface area contributed by atoms with E-state index in [4.69, 9.17) is 0 Å². The van der Waals surface area contributed by atoms with Crippen molar-refractivity contribution in [2.75, 3.05) is 26.0 Å². The van der Waals surface area contributed by atoms with Crippen molar-refractivity contribution >= 4 is 17.7 Å². The van der Waals surface area contributed by atoms with E-state index in [1.54, 1.807) is 7.05 Å². The zero-order valence-electron chi connectivity index (χ0n) is 8.46. The molecule has 0 fully saturated rings. The van der Waals surface area contributed by atoms with Gasteiger partial charge in [-0.25, -0.2) is 0 Å². The Labute approximate surface area is 86.2 Å². The molecule has 0 aromatic carbocycles. The molecular weight excluding hydrogens is 200 g/mol. The van der Waals surface area contributed by atoms with Crippen molar-refractivity contribution in [2.45, 2.75) is 0 Å². The molecule has 82 valence electrons. The maximum Gasteiger partial charge on any atom is 0.325 e. The van der Waals surface area contributed by atoms with Gasteiger partial charge in [-0.05, 0) is 0 Å². The van der Waals surface area contributed by atoms with Gasteiger partial charge in [0.05, 0.1) is 7.11 Å². The van der Waals surface area contributed by atoms with Gasteiger partial charge in [0.15, 0.2) is 0 Å². The van der Waals surface area contributed by atoms with E-state index in [0.29, 0.717) is 5.82 Å². The summed E-state index contributed by atoms with van der Waals surface area (Å²) in [5, 5.41) is 11.5. The highest BCUT2D eigenvalue weighted by Crippen LogP contribution is 2.03. The number of amides is 1. The van der Waals surface area contributed by atoms with E-state index >= 15 is 0 Å². The van der Waals surface area contributed by atoms with Gasteiger partial charge in [-0.1, -0.05) is 0 Å². The summed E-state index contributed by atoms with van der Waals surface area (Å²) >= 11 is 0. The third-order valence-electron chi connectivity index (χ3n) is 1.70. The molecule has 7 heteroatoms. The lowest BCUT2D eigenvalue weighted by atomic mass is 10.4. The summed E-state index contributed by atoms with van der Waals surface area (Å²) in [6.45, 7) is -0.163. The first-order valence-electron chi connectivity index (χ1n) is 4.25. The summed E-state index contributed by atoms with van der Waals surface area (Å²) in [4.78, 5) is 22.1. The molecular formula is C8H12N4O3. The number of aromatic amines is 1. The molecule has 3 N–H and O–H groups in total. The molecule has 1 aromatic heterocycles. The predicted octanol–water partition coefficient (Wildman–Crippen LogP) is -0.646. The Bertz CT molecular complexity index is 361. The molecule has 15 heavy (non-hydrogen) atoms. The Morgan fingerprint density at radius 2 is 2.33 bits per heavy atom. The molecule has 0 bridgehead atoms. The van der Waals surface area contributed by atoms with Crippen LogP contribution in [0.25, 0.3) is 0 Å². The van der Waals surface area contributed by atoms with E-state index < -0.39 is 11.9 Å². The van der Waals surface area contributed by atoms with Crippen LogP contribution in [0.3, 0.4) is 0 Å². The normalized spacial score (nSPS) is 9.47. The minimum absolute atomic E-state index is 0.163. The van der Waals surface area contributed by atoms with E-state index in [-0.39, 0.29) is 12.2 Å². The Balaban J connectivity index is 2.50. The SMILES string of the molecule is CNc1cc(C(=O)NCC(=O)OC)[nH]n1. The largest absolute Gasteiger partial charge is 0.468 e. The van der Waals surface area contributed by atoms with Crippen molar-refractivity contribution in [1.29, 1.82) is 0 Å². The highest BCUT2D eigenvalue weighted by atomic mass is 16.5. The lowest BCUT2D eigenvalue weighted by Gasteiger charge is -2.00. The fourth-order valence-corrected chi connectivity index (χ4v) is 0.886. The number of aromatic nitrogens is 2. The van der Waals surface area contributed by atoms with Crippen molar-refractivity contribution in [1.82, 2.24) is 15.5 Å². The average Bonchev–Trinajstić information content (AvgIpc) is 2.73. The van der Waals surface area contributed by atoms with Crippen molar-refractivity contribution < 1.29 is 14.3 Å². The zero-order valence-corrected chi connectivity index (χ0v) is 8.46. The number of hydrogen-bond donors (Lipinski definition) is 3. The smallest absolute Gasteiger partial charge is 0.325 e. The van der Waals surface area contributed by atoms with Crippen LogP contribution in [0, 0.1) is 0 Å². The van der Waals surface area contributed by atoms with E-state index in [1.165, 1.54) is 13.2 Å². The molecule has 0 atom stereocenters. The first kappa shape index (κ1) is 11.0. The maximum absolute atomic E-state index is 11.4. The van der Waals surface area contributed by atoms with Gasteiger partial charge in [0.1, 0.15) is 18.1 Å². The summed E-state index contributed by atoms with van der Waals surface area (Å²) < 4.78 is 4.37. The van der Waals surface area contributed by atoms with Gasteiger partial charge in [-0.2, -0.15) is 5.10 Å². The topological polar surface area (TPSA) is 96.1 Å². The second kappa shape index (κ2) is 4.99. The van der Waals surface area contributed by atoms with Crippen LogP contribution in [0.1, 0.15) is 10.5 Å². The first-order chi connectivity index (χ1) is 7.17. The third kappa shape index (κ3) is 2.97. The van der Waals surface area contributed by atoms with Crippen molar-refractivity contribution in [3.63, 3.8) is 0 Å². The number of anilines is 1. The molecule has 0 aliphatic rings. The van der Waals surface area contributed by atoms with E-state index in [2.05, 4.69) is 25.6 Å². The van der Waals surface area contributed by atoms with Crippen molar-refractivity contribution in [3.05, 3.63) is 11.8 Å². The number of nitrogens with zero attached hydrogens (tertiary/aromatic N) is 1. The number of nitrogens with one attached hydrogen (secondary N) is 3. The summed E-state index contributed by atoms with van der Waals surface area (Å²) in [6, 6.07) is 1.53. The molecule has 1 aromatic rings. The van der Waals surface area contributed by atoms with Crippen LogP contribution >= 0.6 is 0 Å². The van der Waals surface area contributed by atoms with E-state index in [1.807, 2.05) is 0 Å². The minimum Gasteiger partial charge on any atom is -0.468 e. The second-order valence-electron chi connectivity index (χ2n) is 2.68. The van der Waals surface area contributed by atoms with Crippen LogP contribution < -0.4 is 10.6 Å². The minimum atomic E-state index is -0.503. The van der Waals surface area contributed by atoms with Crippen molar-refractivity contribution in [3.8, 4) is 0 Å². The molecule has 7 nitrogen and oxygen atoms in total. The fraction of sp³-hybridized carbons (Fsp3) is 0.375. The fourth-order valence-electron chi connectivity index (χ4n) is 0.886. The molecule has 1 rings (SSSR count). The molecule has 1 heterocycles. The molecule has 0 spiro atoms. The number of carbonyl (C=O) groups is 2. The van der Waals surface area contributed by atoms with Gasteiger partial charge in [-0.3, -0.25) is 14.7 Å². The summed E-state index contributed by atoms with van der Waals surface area (Å²) in [5.74, 6) is -0.357. The van der Waals surface area contributed by atoms with Crippen LogP contribution in [0.5, 0.6) is 0 Å². The number of ether oxygens (including phenoxy) is 1. The lowest BCUT2D eigenvalue weighted by molar-refractivity contribution is -0.139. The summed E-state index contributed by atoms with van der Waals surface area (Å²) in [5.41, 5.74) is 0.281. The maximum atomic E-state index is 11.4. The molecule has 0 radical (unpaired) electrons. The van der Waals surface area contributed by atoms with Crippen LogP contribution in [0.2, 0.25) is 0 Å². The zero-order chi connectivity index (χ0) is 11.3. The lowest BCUT2D eigenvalue weighted by Crippen LogP contribution is -2.30. The predicted molar refractivity (Wildman–Crippen MR) is 52.5 cm³/mol. The monoisotopic (exact) mass is 212 g/mol. The van der Waals surface area contributed by atoms with Crippen LogP contribution in [0.4, 0.5) is 5.82 Å². The van der Waals surface area contributed by atoms with Gasteiger partial charge >= 0.3 is 5.97 Å². The van der Waals surface area contributed by atoms with Gasteiger partial charge in [0.2, 0.25) is 0 Å². The Hall–Kier alpha value is -2.05. The highest BCUT2D eigenvalue weighted by Gasteiger charge is 2.10. The molecule has 0 saturated heterocycles. The van der Waals surface area contributed by atoms with Gasteiger partial charge in [0.25, 0.3) is 5.91 Å². The average molecular weight is 212 g/mol. The van der Waals surface area contributed by atoms with Gasteiger partial charge in [-0.15, -0.1) is 0 Å². The number of esters is 1. The summed E-state index contributed by atoms with van der Waals surface area (Å²) in [7, 11) is 2.94. The molecule has 0 unspecified atom stereocenters. The number of carbonyl (C=O) groups excluding carboxylic acids is 2. The first-order valence-corrected chi connectivity index (χ1v) is 4.25. The van der Waals surface area contributed by atoms with Crippen LogP contribution in [-0.4, -0.2) is 42.8 Å². The van der Waals surface area contributed by atoms with Crippen LogP contribution in [0.15, 0.2) is 6.07 Å². The Morgan fingerprint density at radius 1 is 1.60 bits per heavy atom. The molecule has 0 aliphatic heterocycles. The van der Waals surface area contributed by atoms with Gasteiger partial charge in [0, 0.05) is 13.1 Å². The molecule has 1 amide bonds. The number of methoxy groups -OCH3 is 1. The number of rotatable bonds is 4. The second-order valence-corrected chi connectivity index (χ2v) is 2.68. The quantitative estimate of drug-likeness (QED) is 0.576. The van der Waals surface area contributed by atoms with Crippen molar-refractivity contribution in [2.24, 2.45) is 0 Å². The summed E-state index contributed by atoms with van der Waals surface area (Å²) in [6.07, 6.45) is 0. The van der Waals surface area contributed by atoms with Crippen LogP contribution in [-0.2, 0) is 9.53 Å². The van der Waals surface area contributed by atoms with Gasteiger partial charge < -0.3 is 15.4 Å². The van der Waals surface area contributed by atoms with E-state index in [0.717, 1.165) is 0 Å². The molecule has 0 saturated carbocycles. The Kier molecular flexibility index (Phi) is 3.67. The Morgan fingerprint density at radius 3 is 2.87 bits per heavy atom. The van der Waals surface area contributed by atoms with E-state index in [9.17, 15) is 9.59 Å². The standard InChI is InChI=1S/C8H12N4O3/c1-9-6-3-5(11-12-6)8(14)10-4-7(13)15-2/h3H,4H2,1-2H3,(H,10,14)(H2,9,11,12). The highest BCUT2D eigenvalue weighted by molar-refractivity contribution is 5.94. The molecule has 0 aliphatic carbocycles. The number of H-pyrrole nitrogens is 1.